The maximum Gasteiger partial charge on any atom is 0.0616 e. The Bertz CT molecular complexity index is 141. The van der Waals surface area contributed by atoms with Crippen molar-refractivity contribution in [1.82, 2.24) is 5.32 Å². The number of hydrogen-bond donors (Lipinski definition) is 3. The molecule has 0 aromatic carbocycles. The molecule has 5 heteroatoms. The van der Waals surface area contributed by atoms with Gasteiger partial charge in [-0.25, -0.2) is 0 Å². The van der Waals surface area contributed by atoms with Crippen molar-refractivity contribution in [3.63, 3.8) is 0 Å². The van der Waals surface area contributed by atoms with Crippen LogP contribution in [0, 0.1) is 0 Å². The quantitative estimate of drug-likeness (QED) is 0.459. The zero-order valence-electron chi connectivity index (χ0n) is 10.4. The van der Waals surface area contributed by atoms with Crippen molar-refractivity contribution in [2.75, 3.05) is 40.6 Å². The minimum atomic E-state index is 0.164. The number of rotatable bonds is 11. The highest BCUT2D eigenvalue weighted by atomic mass is 16.5. The van der Waals surface area contributed by atoms with Gasteiger partial charge < -0.3 is 25.6 Å². The Labute approximate surface area is 98.3 Å². The Balaban J connectivity index is 3.98. The van der Waals surface area contributed by atoms with Crippen molar-refractivity contribution < 1.29 is 14.6 Å². The highest BCUT2D eigenvalue weighted by molar-refractivity contribution is 4.74. The molecule has 0 saturated carbocycles. The van der Waals surface area contributed by atoms with Gasteiger partial charge in [0, 0.05) is 32.9 Å². The van der Waals surface area contributed by atoms with Crippen molar-refractivity contribution >= 4 is 0 Å². The normalized spacial score (nSPS) is 15.0. The second-order valence-electron chi connectivity index (χ2n) is 3.91. The first-order valence-corrected chi connectivity index (χ1v) is 5.83. The Morgan fingerprint density at radius 1 is 1.12 bits per heavy atom. The molecule has 0 spiro atoms. The van der Waals surface area contributed by atoms with E-state index in [-0.39, 0.29) is 18.7 Å². The highest BCUT2D eigenvalue weighted by Gasteiger charge is 2.14. The molecule has 0 heterocycles. The van der Waals surface area contributed by atoms with Gasteiger partial charge in [-0.2, -0.15) is 0 Å². The zero-order chi connectivity index (χ0) is 12.2. The first-order valence-electron chi connectivity index (χ1n) is 5.83. The van der Waals surface area contributed by atoms with Crippen LogP contribution in [0.15, 0.2) is 0 Å². The Kier molecular flexibility index (Phi) is 11.1. The van der Waals surface area contributed by atoms with E-state index in [2.05, 4.69) is 5.32 Å². The lowest BCUT2D eigenvalue weighted by Gasteiger charge is -2.24. The number of ether oxygens (including phenoxy) is 2. The van der Waals surface area contributed by atoms with E-state index >= 15 is 0 Å². The number of nitrogens with one attached hydrogen (secondary N) is 1. The summed E-state index contributed by atoms with van der Waals surface area (Å²) in [4.78, 5) is 0. The summed E-state index contributed by atoms with van der Waals surface area (Å²) < 4.78 is 10.3. The molecule has 0 aromatic heterocycles. The summed E-state index contributed by atoms with van der Waals surface area (Å²) in [5.74, 6) is 0. The lowest BCUT2D eigenvalue weighted by atomic mass is 10.1. The van der Waals surface area contributed by atoms with Crippen LogP contribution in [0.5, 0.6) is 0 Å². The van der Waals surface area contributed by atoms with E-state index in [0.29, 0.717) is 26.2 Å². The molecule has 2 unspecified atom stereocenters. The van der Waals surface area contributed by atoms with Gasteiger partial charge in [-0.15, -0.1) is 0 Å². The van der Waals surface area contributed by atoms with Gasteiger partial charge in [0.15, 0.2) is 0 Å². The number of methoxy groups -OCH3 is 2. The minimum Gasteiger partial charge on any atom is -0.396 e. The third-order valence-electron chi connectivity index (χ3n) is 2.44. The monoisotopic (exact) mass is 234 g/mol. The van der Waals surface area contributed by atoms with Gasteiger partial charge in [0.05, 0.1) is 13.2 Å². The van der Waals surface area contributed by atoms with Crippen molar-refractivity contribution in [2.24, 2.45) is 5.73 Å². The molecule has 0 aliphatic heterocycles. The summed E-state index contributed by atoms with van der Waals surface area (Å²) in [5, 5.41) is 12.4. The van der Waals surface area contributed by atoms with Gasteiger partial charge in [0.2, 0.25) is 0 Å². The molecule has 2 atom stereocenters. The SMILES string of the molecule is COCC(CCO)NC(CCCN)COC. The third kappa shape index (κ3) is 8.01. The molecule has 4 N–H and O–H groups in total. The number of hydrogen-bond acceptors (Lipinski definition) is 5. The molecular formula is C11H26N2O3. The average molecular weight is 234 g/mol. The fourth-order valence-electron chi connectivity index (χ4n) is 1.69. The van der Waals surface area contributed by atoms with E-state index in [1.165, 1.54) is 0 Å². The molecule has 98 valence electrons. The van der Waals surface area contributed by atoms with Gasteiger partial charge in [-0.3, -0.25) is 0 Å². The Morgan fingerprint density at radius 3 is 2.12 bits per heavy atom. The van der Waals surface area contributed by atoms with Gasteiger partial charge in [0.25, 0.3) is 0 Å². The summed E-state index contributed by atoms with van der Waals surface area (Å²) in [7, 11) is 3.35. The largest absolute Gasteiger partial charge is 0.396 e. The van der Waals surface area contributed by atoms with E-state index in [0.717, 1.165) is 12.8 Å². The summed E-state index contributed by atoms with van der Waals surface area (Å²) in [5.41, 5.74) is 5.49. The fourth-order valence-corrected chi connectivity index (χ4v) is 1.69. The average Bonchev–Trinajstić information content (AvgIpc) is 2.27. The predicted octanol–water partition coefficient (Wildman–Crippen LogP) is -0.273. The summed E-state index contributed by atoms with van der Waals surface area (Å²) in [6.45, 7) is 2.11. The molecule has 0 rings (SSSR count). The maximum absolute atomic E-state index is 8.94. The third-order valence-corrected chi connectivity index (χ3v) is 2.44. The molecule has 0 saturated heterocycles. The van der Waals surface area contributed by atoms with Crippen molar-refractivity contribution in [1.29, 1.82) is 0 Å². The Hall–Kier alpha value is -0.200. The smallest absolute Gasteiger partial charge is 0.0616 e. The molecule has 0 aliphatic rings. The number of nitrogens with two attached hydrogens (primary N) is 1. The molecule has 0 fully saturated rings. The second kappa shape index (κ2) is 11.3. The summed E-state index contributed by atoms with van der Waals surface area (Å²) in [6.07, 6.45) is 2.65. The van der Waals surface area contributed by atoms with E-state index in [9.17, 15) is 0 Å². The molecule has 0 bridgehead atoms. The van der Waals surface area contributed by atoms with Crippen LogP contribution in [-0.4, -0.2) is 57.8 Å². The minimum absolute atomic E-state index is 0.164. The topological polar surface area (TPSA) is 76.7 Å². The Morgan fingerprint density at radius 2 is 1.69 bits per heavy atom. The van der Waals surface area contributed by atoms with Crippen LogP contribution in [0.3, 0.4) is 0 Å². The lowest BCUT2D eigenvalue weighted by Crippen LogP contribution is -2.44. The second-order valence-corrected chi connectivity index (χ2v) is 3.91. The number of aliphatic hydroxyl groups is 1. The first-order chi connectivity index (χ1) is 7.78. The maximum atomic E-state index is 8.94. The number of aliphatic hydroxyl groups excluding tert-OH is 1. The van der Waals surface area contributed by atoms with Crippen molar-refractivity contribution in [3.8, 4) is 0 Å². The molecule has 0 amide bonds. The van der Waals surface area contributed by atoms with Crippen LogP contribution in [0.25, 0.3) is 0 Å². The van der Waals surface area contributed by atoms with Gasteiger partial charge in [0.1, 0.15) is 0 Å². The van der Waals surface area contributed by atoms with E-state index < -0.39 is 0 Å². The summed E-state index contributed by atoms with van der Waals surface area (Å²) >= 11 is 0. The van der Waals surface area contributed by atoms with E-state index in [1.54, 1.807) is 14.2 Å². The van der Waals surface area contributed by atoms with Crippen LogP contribution in [-0.2, 0) is 9.47 Å². The van der Waals surface area contributed by atoms with Gasteiger partial charge in [-0.1, -0.05) is 0 Å². The van der Waals surface area contributed by atoms with Crippen LogP contribution < -0.4 is 11.1 Å². The first kappa shape index (κ1) is 15.8. The van der Waals surface area contributed by atoms with Crippen LogP contribution >= 0.6 is 0 Å². The molecule has 0 aromatic rings. The van der Waals surface area contributed by atoms with Gasteiger partial charge in [-0.05, 0) is 25.8 Å². The standard InChI is InChI=1S/C11H26N2O3/c1-15-8-10(4-3-6-12)13-11(5-7-14)9-16-2/h10-11,13-14H,3-9,12H2,1-2H3. The molecule has 0 aliphatic carbocycles. The molecule has 5 nitrogen and oxygen atoms in total. The fraction of sp³-hybridized carbons (Fsp3) is 1.00. The van der Waals surface area contributed by atoms with Crippen molar-refractivity contribution in [2.45, 2.75) is 31.3 Å². The molecular weight excluding hydrogens is 208 g/mol. The van der Waals surface area contributed by atoms with Gasteiger partial charge >= 0.3 is 0 Å². The summed E-state index contributed by atoms with van der Waals surface area (Å²) in [6, 6.07) is 0.452. The highest BCUT2D eigenvalue weighted by Crippen LogP contribution is 2.01. The van der Waals surface area contributed by atoms with Crippen LogP contribution in [0.2, 0.25) is 0 Å². The van der Waals surface area contributed by atoms with E-state index in [1.807, 2.05) is 0 Å². The predicted molar refractivity (Wildman–Crippen MR) is 64.5 cm³/mol. The molecule has 0 radical (unpaired) electrons. The van der Waals surface area contributed by atoms with Crippen molar-refractivity contribution in [3.05, 3.63) is 0 Å². The zero-order valence-corrected chi connectivity index (χ0v) is 10.4. The molecule has 16 heavy (non-hydrogen) atoms. The van der Waals surface area contributed by atoms with Crippen LogP contribution in [0.1, 0.15) is 19.3 Å². The van der Waals surface area contributed by atoms with Crippen LogP contribution in [0.4, 0.5) is 0 Å². The van der Waals surface area contributed by atoms with E-state index in [4.69, 9.17) is 20.3 Å². The lowest BCUT2D eigenvalue weighted by molar-refractivity contribution is 0.116.